The number of hydrogen-bond acceptors (Lipinski definition) is 3. The van der Waals surface area contributed by atoms with Crippen molar-refractivity contribution in [1.82, 2.24) is 10.2 Å². The summed E-state index contributed by atoms with van der Waals surface area (Å²) in [5.41, 5.74) is 5.30. The summed E-state index contributed by atoms with van der Waals surface area (Å²) in [6.45, 7) is 9.43. The van der Waals surface area contributed by atoms with Crippen molar-refractivity contribution in [2.75, 3.05) is 19.6 Å². The fourth-order valence-corrected chi connectivity index (χ4v) is 3.64. The van der Waals surface area contributed by atoms with E-state index in [1.165, 1.54) is 0 Å². The average Bonchev–Trinajstić information content (AvgIpc) is 2.46. The van der Waals surface area contributed by atoms with Crippen LogP contribution in [0.1, 0.15) is 59.3 Å². The topological polar surface area (TPSA) is 58.4 Å². The normalized spacial score (nSPS) is 20.2. The lowest BCUT2D eigenvalue weighted by Gasteiger charge is -2.36. The van der Waals surface area contributed by atoms with Gasteiger partial charge in [0, 0.05) is 12.6 Å². The minimum Gasteiger partial charge on any atom is -0.392 e. The van der Waals surface area contributed by atoms with E-state index in [1.807, 2.05) is 0 Å². The molecule has 0 saturated carbocycles. The van der Waals surface area contributed by atoms with Gasteiger partial charge >= 0.3 is 0 Å². The van der Waals surface area contributed by atoms with Gasteiger partial charge < -0.3 is 16.0 Å². The second kappa shape index (κ2) is 8.69. The largest absolute Gasteiger partial charge is 0.392 e. The average molecular weight is 314 g/mol. The molecule has 1 heterocycles. The third-order valence-corrected chi connectivity index (χ3v) is 4.94. The predicted molar refractivity (Wildman–Crippen MR) is 92.3 cm³/mol. The van der Waals surface area contributed by atoms with E-state index >= 15 is 0 Å². The van der Waals surface area contributed by atoms with Crippen LogP contribution in [0.15, 0.2) is 0 Å². The van der Waals surface area contributed by atoms with Crippen LogP contribution in [-0.2, 0) is 4.79 Å². The molecular weight excluding hydrogens is 282 g/mol. The number of piperidine rings is 1. The SMILES string of the molecule is CCCC(CCC)(C(=O)NC1CCCN(CC)C1)C(N)=S. The molecular formula is C16H31N3OS. The number of nitrogens with zero attached hydrogens (tertiary/aromatic N) is 1. The molecule has 0 spiro atoms. The second-order valence-corrected chi connectivity index (χ2v) is 6.59. The molecule has 3 N–H and O–H groups in total. The number of nitrogens with one attached hydrogen (secondary N) is 1. The van der Waals surface area contributed by atoms with Gasteiger partial charge in [-0.15, -0.1) is 0 Å². The standard InChI is InChI=1S/C16H31N3OS/c1-4-9-16(10-5-2,14(17)21)15(20)18-13-8-7-11-19(6-3)12-13/h13H,4-12H2,1-3H3,(H2,17,21)(H,18,20). The van der Waals surface area contributed by atoms with Crippen molar-refractivity contribution in [3.8, 4) is 0 Å². The monoisotopic (exact) mass is 313 g/mol. The maximum atomic E-state index is 12.9. The van der Waals surface area contributed by atoms with Gasteiger partial charge in [0.15, 0.2) is 0 Å². The number of amides is 1. The highest BCUT2D eigenvalue weighted by atomic mass is 32.1. The molecule has 1 aliphatic rings. The summed E-state index contributed by atoms with van der Waals surface area (Å²) < 4.78 is 0. The van der Waals surface area contributed by atoms with Gasteiger partial charge in [0.1, 0.15) is 0 Å². The Balaban J connectivity index is 2.78. The highest BCUT2D eigenvalue weighted by Gasteiger charge is 2.40. The quantitative estimate of drug-likeness (QED) is 0.676. The number of likely N-dealkylation sites (tertiary alicyclic amines) is 1. The van der Waals surface area contributed by atoms with E-state index in [1.54, 1.807) is 0 Å². The highest BCUT2D eigenvalue weighted by molar-refractivity contribution is 7.80. The van der Waals surface area contributed by atoms with Crippen molar-refractivity contribution in [2.45, 2.75) is 65.3 Å². The van der Waals surface area contributed by atoms with Crippen molar-refractivity contribution in [3.05, 3.63) is 0 Å². The molecule has 0 aromatic carbocycles. The summed E-state index contributed by atoms with van der Waals surface area (Å²) in [5, 5.41) is 3.23. The third kappa shape index (κ3) is 4.65. The number of carbonyl (C=O) groups excluding carboxylic acids is 1. The van der Waals surface area contributed by atoms with Gasteiger partial charge in [0.2, 0.25) is 5.91 Å². The smallest absolute Gasteiger partial charge is 0.233 e. The Kier molecular flexibility index (Phi) is 7.60. The molecule has 0 radical (unpaired) electrons. The minimum absolute atomic E-state index is 0.0432. The van der Waals surface area contributed by atoms with Crippen LogP contribution in [0.25, 0.3) is 0 Å². The summed E-state index contributed by atoms with van der Waals surface area (Å²) in [4.78, 5) is 15.6. The first-order chi connectivity index (χ1) is 10.00. The van der Waals surface area contributed by atoms with Crippen LogP contribution < -0.4 is 11.1 Å². The Morgan fingerprint density at radius 1 is 1.33 bits per heavy atom. The summed E-state index contributed by atoms with van der Waals surface area (Å²) >= 11 is 5.26. The Hall–Kier alpha value is -0.680. The second-order valence-electron chi connectivity index (χ2n) is 6.15. The summed E-state index contributed by atoms with van der Waals surface area (Å²) in [5.74, 6) is 0.0432. The zero-order chi connectivity index (χ0) is 15.9. The lowest BCUT2D eigenvalue weighted by Crippen LogP contribution is -2.55. The Morgan fingerprint density at radius 2 is 1.95 bits per heavy atom. The Bertz CT molecular complexity index is 353. The number of carbonyl (C=O) groups is 1. The van der Waals surface area contributed by atoms with Crippen molar-refractivity contribution >= 4 is 23.1 Å². The van der Waals surface area contributed by atoms with E-state index in [-0.39, 0.29) is 11.9 Å². The fraction of sp³-hybridized carbons (Fsp3) is 0.875. The molecule has 1 fully saturated rings. The molecule has 1 rings (SSSR count). The molecule has 5 heteroatoms. The van der Waals surface area contributed by atoms with Crippen molar-refractivity contribution in [2.24, 2.45) is 11.1 Å². The molecule has 1 unspecified atom stereocenters. The van der Waals surface area contributed by atoms with Gasteiger partial charge in [-0.3, -0.25) is 4.79 Å². The first-order valence-corrected chi connectivity index (χ1v) is 8.74. The van der Waals surface area contributed by atoms with Gasteiger partial charge in [-0.25, -0.2) is 0 Å². The Labute approximate surface area is 134 Å². The van der Waals surface area contributed by atoms with E-state index in [4.69, 9.17) is 18.0 Å². The summed E-state index contributed by atoms with van der Waals surface area (Å²) in [7, 11) is 0. The van der Waals surface area contributed by atoms with E-state index in [0.29, 0.717) is 4.99 Å². The van der Waals surface area contributed by atoms with Crippen LogP contribution in [0.3, 0.4) is 0 Å². The first-order valence-electron chi connectivity index (χ1n) is 8.33. The summed E-state index contributed by atoms with van der Waals surface area (Å²) in [6, 6.07) is 0.230. The van der Waals surface area contributed by atoms with E-state index in [9.17, 15) is 4.79 Å². The van der Waals surface area contributed by atoms with Crippen molar-refractivity contribution in [3.63, 3.8) is 0 Å². The number of nitrogens with two attached hydrogens (primary N) is 1. The van der Waals surface area contributed by atoms with Crippen LogP contribution in [0.5, 0.6) is 0 Å². The van der Waals surface area contributed by atoms with E-state index in [2.05, 4.69) is 31.0 Å². The van der Waals surface area contributed by atoms with Crippen LogP contribution in [0, 0.1) is 5.41 Å². The van der Waals surface area contributed by atoms with Crippen LogP contribution in [0.2, 0.25) is 0 Å². The molecule has 0 aliphatic carbocycles. The molecule has 21 heavy (non-hydrogen) atoms. The van der Waals surface area contributed by atoms with Gasteiger partial charge in [-0.1, -0.05) is 45.8 Å². The molecule has 0 aromatic rings. The number of thiocarbonyl (C=S) groups is 1. The maximum absolute atomic E-state index is 12.9. The van der Waals surface area contributed by atoms with Gasteiger partial charge in [0.05, 0.1) is 10.4 Å². The van der Waals surface area contributed by atoms with Crippen LogP contribution in [-0.4, -0.2) is 41.5 Å². The fourth-order valence-electron chi connectivity index (χ4n) is 3.35. The molecule has 122 valence electrons. The first kappa shape index (κ1) is 18.4. The molecule has 4 nitrogen and oxygen atoms in total. The zero-order valence-electron chi connectivity index (χ0n) is 13.8. The molecule has 1 saturated heterocycles. The van der Waals surface area contributed by atoms with Gasteiger partial charge in [-0.05, 0) is 38.8 Å². The number of likely N-dealkylation sites (N-methyl/N-ethyl adjacent to an activating group) is 1. The van der Waals surface area contributed by atoms with Gasteiger partial charge in [-0.2, -0.15) is 0 Å². The van der Waals surface area contributed by atoms with Gasteiger partial charge in [0.25, 0.3) is 0 Å². The van der Waals surface area contributed by atoms with E-state index < -0.39 is 5.41 Å². The lowest BCUT2D eigenvalue weighted by molar-refractivity contribution is -0.129. The van der Waals surface area contributed by atoms with E-state index in [0.717, 1.165) is 58.2 Å². The molecule has 1 aliphatic heterocycles. The number of hydrogen-bond donors (Lipinski definition) is 2. The van der Waals surface area contributed by atoms with Crippen LogP contribution in [0.4, 0.5) is 0 Å². The minimum atomic E-state index is -0.659. The summed E-state index contributed by atoms with van der Waals surface area (Å²) in [6.07, 6.45) is 5.50. The zero-order valence-corrected chi connectivity index (χ0v) is 14.6. The Morgan fingerprint density at radius 3 is 2.43 bits per heavy atom. The third-order valence-electron chi connectivity index (χ3n) is 4.55. The van der Waals surface area contributed by atoms with Crippen LogP contribution >= 0.6 is 12.2 Å². The highest BCUT2D eigenvalue weighted by Crippen LogP contribution is 2.31. The molecule has 0 bridgehead atoms. The molecule has 0 aromatic heterocycles. The molecule has 1 amide bonds. The maximum Gasteiger partial charge on any atom is 0.233 e. The lowest BCUT2D eigenvalue weighted by atomic mass is 9.78. The predicted octanol–water partition coefficient (Wildman–Crippen LogP) is 2.46. The van der Waals surface area contributed by atoms with Crippen molar-refractivity contribution < 1.29 is 4.79 Å². The van der Waals surface area contributed by atoms with Crippen molar-refractivity contribution in [1.29, 1.82) is 0 Å². The molecule has 1 atom stereocenters. The number of rotatable bonds is 8.